The molecule has 2 rings (SSSR count). The minimum atomic E-state index is -2.83. The Hall–Kier alpha value is -2.63. The summed E-state index contributed by atoms with van der Waals surface area (Å²) in [5, 5.41) is 2.80. The Morgan fingerprint density at radius 1 is 1.13 bits per heavy atom. The van der Waals surface area contributed by atoms with Gasteiger partial charge in [0.25, 0.3) is 5.91 Å². The molecule has 122 valence electrons. The summed E-state index contributed by atoms with van der Waals surface area (Å²) in [7, 11) is 1.51. The van der Waals surface area contributed by atoms with Crippen LogP contribution in [0, 0.1) is 0 Å². The fraction of sp³-hybridized carbons (Fsp3) is 0.235. The van der Waals surface area contributed by atoms with Gasteiger partial charge in [-0.1, -0.05) is 24.3 Å². The number of methoxy groups -OCH3 is 1. The molecule has 0 saturated heterocycles. The van der Waals surface area contributed by atoms with Gasteiger partial charge in [-0.25, -0.2) is 0 Å². The lowest BCUT2D eigenvalue weighted by Gasteiger charge is -2.09. The molecule has 0 fully saturated rings. The van der Waals surface area contributed by atoms with Gasteiger partial charge >= 0.3 is 6.61 Å². The van der Waals surface area contributed by atoms with Crippen LogP contribution in [0.1, 0.15) is 15.9 Å². The maximum absolute atomic E-state index is 12.1. The standard InChI is InChI=1S/C17H17F2NO3/c1-22-15-5-3-2-4-14(15)16(21)20-11-10-12-6-8-13(9-7-12)23-17(18)19/h2-9,17H,10-11H2,1H3,(H,20,21). The molecular weight excluding hydrogens is 304 g/mol. The van der Waals surface area contributed by atoms with Crippen LogP contribution in [0.25, 0.3) is 0 Å². The molecule has 0 unspecified atom stereocenters. The van der Waals surface area contributed by atoms with E-state index in [-0.39, 0.29) is 11.7 Å². The van der Waals surface area contributed by atoms with Gasteiger partial charge < -0.3 is 14.8 Å². The Labute approximate surface area is 133 Å². The van der Waals surface area contributed by atoms with Gasteiger partial charge in [0.2, 0.25) is 0 Å². The molecule has 0 bridgehead atoms. The van der Waals surface area contributed by atoms with Crippen molar-refractivity contribution in [3.8, 4) is 11.5 Å². The van der Waals surface area contributed by atoms with E-state index < -0.39 is 6.61 Å². The van der Waals surface area contributed by atoms with Crippen LogP contribution in [0.2, 0.25) is 0 Å². The van der Waals surface area contributed by atoms with Gasteiger partial charge in [-0.05, 0) is 36.2 Å². The number of para-hydroxylation sites is 1. The van der Waals surface area contributed by atoms with Crippen molar-refractivity contribution < 1.29 is 23.0 Å². The number of halogens is 2. The Kier molecular flexibility index (Phi) is 5.91. The average molecular weight is 321 g/mol. The van der Waals surface area contributed by atoms with E-state index in [0.717, 1.165) is 5.56 Å². The van der Waals surface area contributed by atoms with Crippen LogP contribution >= 0.6 is 0 Å². The van der Waals surface area contributed by atoms with Crippen LogP contribution < -0.4 is 14.8 Å². The van der Waals surface area contributed by atoms with Gasteiger partial charge in [-0.3, -0.25) is 4.79 Å². The molecule has 2 aromatic rings. The minimum Gasteiger partial charge on any atom is -0.496 e. The van der Waals surface area contributed by atoms with Gasteiger partial charge in [0.1, 0.15) is 11.5 Å². The van der Waals surface area contributed by atoms with Crippen molar-refractivity contribution in [2.75, 3.05) is 13.7 Å². The molecule has 0 aromatic heterocycles. The maximum atomic E-state index is 12.1. The molecule has 0 aliphatic heterocycles. The monoisotopic (exact) mass is 321 g/mol. The average Bonchev–Trinajstić information content (AvgIpc) is 2.55. The minimum absolute atomic E-state index is 0.113. The highest BCUT2D eigenvalue weighted by atomic mass is 19.3. The molecule has 0 aliphatic carbocycles. The van der Waals surface area contributed by atoms with Crippen molar-refractivity contribution in [2.24, 2.45) is 0 Å². The van der Waals surface area contributed by atoms with Crippen LogP contribution in [-0.4, -0.2) is 26.2 Å². The first-order valence-electron chi connectivity index (χ1n) is 7.05. The van der Waals surface area contributed by atoms with E-state index in [1.807, 2.05) is 0 Å². The first kappa shape index (κ1) is 16.7. The van der Waals surface area contributed by atoms with Gasteiger partial charge in [0.05, 0.1) is 12.7 Å². The molecule has 0 saturated carbocycles. The summed E-state index contributed by atoms with van der Waals surface area (Å²) in [6, 6.07) is 13.3. The molecule has 0 radical (unpaired) electrons. The second kappa shape index (κ2) is 8.12. The summed E-state index contributed by atoms with van der Waals surface area (Å²) < 4.78 is 33.5. The summed E-state index contributed by atoms with van der Waals surface area (Å²) in [4.78, 5) is 12.1. The second-order valence-electron chi connectivity index (χ2n) is 4.73. The molecule has 23 heavy (non-hydrogen) atoms. The molecule has 4 nitrogen and oxygen atoms in total. The fourth-order valence-electron chi connectivity index (χ4n) is 2.09. The Morgan fingerprint density at radius 2 is 1.83 bits per heavy atom. The molecule has 1 N–H and O–H groups in total. The molecule has 0 spiro atoms. The number of hydrogen-bond acceptors (Lipinski definition) is 3. The Morgan fingerprint density at radius 3 is 2.48 bits per heavy atom. The van der Waals surface area contributed by atoms with Crippen molar-refractivity contribution in [3.63, 3.8) is 0 Å². The SMILES string of the molecule is COc1ccccc1C(=O)NCCc1ccc(OC(F)F)cc1. The van der Waals surface area contributed by atoms with Crippen LogP contribution in [0.15, 0.2) is 48.5 Å². The van der Waals surface area contributed by atoms with Gasteiger partial charge in [-0.15, -0.1) is 0 Å². The first-order valence-corrected chi connectivity index (χ1v) is 7.05. The summed E-state index contributed by atoms with van der Waals surface area (Å²) in [6.07, 6.45) is 0.579. The maximum Gasteiger partial charge on any atom is 0.387 e. The van der Waals surface area contributed by atoms with Crippen molar-refractivity contribution >= 4 is 5.91 Å². The second-order valence-corrected chi connectivity index (χ2v) is 4.73. The van der Waals surface area contributed by atoms with E-state index >= 15 is 0 Å². The highest BCUT2D eigenvalue weighted by Gasteiger charge is 2.10. The molecule has 0 aliphatic rings. The molecule has 2 aromatic carbocycles. The highest BCUT2D eigenvalue weighted by Crippen LogP contribution is 2.17. The number of benzene rings is 2. The normalized spacial score (nSPS) is 10.4. The number of nitrogens with one attached hydrogen (secondary N) is 1. The smallest absolute Gasteiger partial charge is 0.387 e. The zero-order valence-electron chi connectivity index (χ0n) is 12.6. The summed E-state index contributed by atoms with van der Waals surface area (Å²) in [6.45, 7) is -2.41. The van der Waals surface area contributed by atoms with E-state index in [0.29, 0.717) is 24.3 Å². The van der Waals surface area contributed by atoms with E-state index in [1.165, 1.54) is 19.2 Å². The number of alkyl halides is 2. The topological polar surface area (TPSA) is 47.6 Å². The Bertz CT molecular complexity index is 645. The van der Waals surface area contributed by atoms with Gasteiger partial charge in [0, 0.05) is 6.54 Å². The quantitative estimate of drug-likeness (QED) is 0.851. The van der Waals surface area contributed by atoms with Crippen molar-refractivity contribution in [2.45, 2.75) is 13.0 Å². The van der Waals surface area contributed by atoms with E-state index in [4.69, 9.17) is 4.74 Å². The molecular formula is C17H17F2NO3. The third-order valence-electron chi connectivity index (χ3n) is 3.20. The van der Waals surface area contributed by atoms with E-state index in [1.54, 1.807) is 36.4 Å². The lowest BCUT2D eigenvalue weighted by Crippen LogP contribution is -2.26. The molecule has 6 heteroatoms. The predicted octanol–water partition coefficient (Wildman–Crippen LogP) is 3.27. The van der Waals surface area contributed by atoms with E-state index in [9.17, 15) is 13.6 Å². The number of amides is 1. The summed E-state index contributed by atoms with van der Waals surface area (Å²) >= 11 is 0. The third kappa shape index (κ3) is 4.95. The lowest BCUT2D eigenvalue weighted by atomic mass is 10.1. The van der Waals surface area contributed by atoms with Crippen LogP contribution in [-0.2, 0) is 6.42 Å². The van der Waals surface area contributed by atoms with Crippen molar-refractivity contribution in [1.82, 2.24) is 5.32 Å². The number of hydrogen-bond donors (Lipinski definition) is 1. The first-order chi connectivity index (χ1) is 11.1. The number of carbonyl (C=O) groups is 1. The molecule has 0 atom stereocenters. The van der Waals surface area contributed by atoms with Crippen LogP contribution in [0.3, 0.4) is 0 Å². The largest absolute Gasteiger partial charge is 0.496 e. The lowest BCUT2D eigenvalue weighted by molar-refractivity contribution is -0.0498. The van der Waals surface area contributed by atoms with Gasteiger partial charge in [-0.2, -0.15) is 8.78 Å². The number of ether oxygens (including phenoxy) is 2. The van der Waals surface area contributed by atoms with Gasteiger partial charge in [0.15, 0.2) is 0 Å². The third-order valence-corrected chi connectivity index (χ3v) is 3.20. The molecule has 1 amide bonds. The van der Waals surface area contributed by atoms with E-state index in [2.05, 4.69) is 10.1 Å². The predicted molar refractivity (Wildman–Crippen MR) is 82.1 cm³/mol. The van der Waals surface area contributed by atoms with Crippen molar-refractivity contribution in [1.29, 1.82) is 0 Å². The van der Waals surface area contributed by atoms with Crippen molar-refractivity contribution in [3.05, 3.63) is 59.7 Å². The number of rotatable bonds is 7. The fourth-order valence-corrected chi connectivity index (χ4v) is 2.09. The number of carbonyl (C=O) groups excluding carboxylic acids is 1. The highest BCUT2D eigenvalue weighted by molar-refractivity contribution is 5.96. The van der Waals surface area contributed by atoms with Crippen LogP contribution in [0.4, 0.5) is 8.78 Å². The zero-order chi connectivity index (χ0) is 16.7. The summed E-state index contributed by atoms with van der Waals surface area (Å²) in [5.74, 6) is 0.403. The van der Waals surface area contributed by atoms with Crippen LogP contribution in [0.5, 0.6) is 11.5 Å². The Balaban J connectivity index is 1.86. The molecule has 0 heterocycles. The zero-order valence-corrected chi connectivity index (χ0v) is 12.6. The summed E-state index contributed by atoms with van der Waals surface area (Å²) in [5.41, 5.74) is 1.38.